The molecule has 1 unspecified atom stereocenters. The second-order valence-corrected chi connectivity index (χ2v) is 9.43. The van der Waals surface area contributed by atoms with E-state index in [1.54, 1.807) is 0 Å². The highest BCUT2D eigenvalue weighted by Gasteiger charge is 2.33. The molecule has 0 N–H and O–H groups in total. The number of nitro benzene ring substituents is 1. The van der Waals surface area contributed by atoms with Gasteiger partial charge >= 0.3 is 5.97 Å². The Labute approximate surface area is 173 Å². The lowest BCUT2D eigenvalue weighted by atomic mass is 10.1. The molecule has 11 nitrogen and oxygen atoms in total. The predicted octanol–water partition coefficient (Wildman–Crippen LogP) is 0.234. The van der Waals surface area contributed by atoms with Crippen LogP contribution in [0.15, 0.2) is 18.2 Å². The van der Waals surface area contributed by atoms with Gasteiger partial charge in [0.25, 0.3) is 11.6 Å². The molecular weight excluding hydrogens is 418 g/mol. The van der Waals surface area contributed by atoms with Crippen LogP contribution in [-0.2, 0) is 24.1 Å². The first-order valence-electron chi connectivity index (χ1n) is 9.42. The van der Waals surface area contributed by atoms with E-state index in [-0.39, 0.29) is 22.8 Å². The van der Waals surface area contributed by atoms with Gasteiger partial charge in [-0.05, 0) is 18.6 Å². The summed E-state index contributed by atoms with van der Waals surface area (Å²) in [4.78, 5) is 38.5. The van der Waals surface area contributed by atoms with Gasteiger partial charge in [-0.25, -0.2) is 13.2 Å². The standard InChI is InChI=1S/C18H23N3O8S/c1-19(14-4-9-30(26,27)12-14)17(22)11-29-18(23)13-2-3-15(16(10-13)21(24)25)20-5-7-28-8-6-20/h2-3,10,14H,4-9,11-12H2,1H3. The molecule has 2 heterocycles. The van der Waals surface area contributed by atoms with E-state index in [1.165, 1.54) is 24.1 Å². The molecule has 12 heteroatoms. The SMILES string of the molecule is CN(C(=O)COC(=O)c1ccc(N2CCOCC2)c([N+](=O)[O-])c1)C1CCS(=O)(=O)C1. The van der Waals surface area contributed by atoms with Crippen molar-refractivity contribution in [1.82, 2.24) is 4.90 Å². The zero-order chi connectivity index (χ0) is 21.9. The van der Waals surface area contributed by atoms with Crippen molar-refractivity contribution in [3.8, 4) is 0 Å². The molecule has 2 aliphatic rings. The van der Waals surface area contributed by atoms with Gasteiger partial charge in [0.1, 0.15) is 5.69 Å². The number of sulfone groups is 1. The molecule has 0 aliphatic carbocycles. The molecule has 1 aromatic rings. The molecule has 1 amide bonds. The quantitative estimate of drug-likeness (QED) is 0.345. The molecule has 0 saturated carbocycles. The fraction of sp³-hybridized carbons (Fsp3) is 0.556. The van der Waals surface area contributed by atoms with E-state index in [4.69, 9.17) is 9.47 Å². The Hall–Kier alpha value is -2.73. The smallest absolute Gasteiger partial charge is 0.338 e. The van der Waals surface area contributed by atoms with Crippen molar-refractivity contribution in [2.75, 3.05) is 56.4 Å². The van der Waals surface area contributed by atoms with Crippen molar-refractivity contribution in [2.24, 2.45) is 0 Å². The maximum Gasteiger partial charge on any atom is 0.338 e. The molecule has 3 rings (SSSR count). The average molecular weight is 441 g/mol. The van der Waals surface area contributed by atoms with E-state index in [1.807, 2.05) is 4.90 Å². The molecule has 2 saturated heterocycles. The molecule has 1 aromatic carbocycles. The highest BCUT2D eigenvalue weighted by Crippen LogP contribution is 2.30. The van der Waals surface area contributed by atoms with Crippen molar-refractivity contribution in [3.63, 3.8) is 0 Å². The van der Waals surface area contributed by atoms with Crippen LogP contribution in [0.3, 0.4) is 0 Å². The summed E-state index contributed by atoms with van der Waals surface area (Å²) in [6, 6.07) is 3.58. The lowest BCUT2D eigenvalue weighted by Crippen LogP contribution is -2.40. The second-order valence-electron chi connectivity index (χ2n) is 7.20. The Balaban J connectivity index is 1.64. The van der Waals surface area contributed by atoms with E-state index >= 15 is 0 Å². The number of hydrogen-bond acceptors (Lipinski definition) is 9. The molecule has 1 atom stereocenters. The van der Waals surface area contributed by atoms with Gasteiger partial charge in [-0.1, -0.05) is 0 Å². The van der Waals surface area contributed by atoms with Crippen molar-refractivity contribution < 1.29 is 32.4 Å². The monoisotopic (exact) mass is 441 g/mol. The number of ether oxygens (including phenoxy) is 2. The zero-order valence-corrected chi connectivity index (χ0v) is 17.3. The van der Waals surface area contributed by atoms with E-state index < -0.39 is 39.3 Å². The lowest BCUT2D eigenvalue weighted by molar-refractivity contribution is -0.384. The van der Waals surface area contributed by atoms with Crippen LogP contribution in [-0.4, -0.2) is 87.6 Å². The summed E-state index contributed by atoms with van der Waals surface area (Å²) in [5.41, 5.74) is 0.113. The van der Waals surface area contributed by atoms with Gasteiger partial charge < -0.3 is 19.3 Å². The van der Waals surface area contributed by atoms with E-state index in [9.17, 15) is 28.1 Å². The van der Waals surface area contributed by atoms with Crippen LogP contribution in [0.4, 0.5) is 11.4 Å². The number of amides is 1. The van der Waals surface area contributed by atoms with E-state index in [0.29, 0.717) is 38.4 Å². The van der Waals surface area contributed by atoms with Crippen molar-refractivity contribution >= 4 is 33.1 Å². The summed E-state index contributed by atoms with van der Waals surface area (Å²) >= 11 is 0. The molecule has 30 heavy (non-hydrogen) atoms. The molecule has 2 aliphatic heterocycles. The van der Waals surface area contributed by atoms with Crippen LogP contribution in [0.2, 0.25) is 0 Å². The summed E-state index contributed by atoms with van der Waals surface area (Å²) in [6.07, 6.45) is 0.341. The first kappa shape index (κ1) is 22.0. The third-order valence-corrected chi connectivity index (χ3v) is 6.99. The number of anilines is 1. The Morgan fingerprint density at radius 3 is 2.63 bits per heavy atom. The van der Waals surface area contributed by atoms with Gasteiger partial charge in [0.2, 0.25) is 0 Å². The van der Waals surface area contributed by atoms with Gasteiger partial charge in [0.15, 0.2) is 16.4 Å². The number of carbonyl (C=O) groups is 2. The van der Waals surface area contributed by atoms with Crippen LogP contribution in [0.25, 0.3) is 0 Å². The predicted molar refractivity (Wildman–Crippen MR) is 106 cm³/mol. The number of nitro groups is 1. The molecule has 2 fully saturated rings. The fourth-order valence-electron chi connectivity index (χ4n) is 3.47. The van der Waals surface area contributed by atoms with Crippen LogP contribution < -0.4 is 4.90 Å². The number of carbonyl (C=O) groups excluding carboxylic acids is 2. The lowest BCUT2D eigenvalue weighted by Gasteiger charge is -2.28. The normalized spacial score (nSPS) is 20.6. The van der Waals surface area contributed by atoms with Crippen LogP contribution in [0.1, 0.15) is 16.8 Å². The minimum absolute atomic E-state index is 0.0221. The van der Waals surface area contributed by atoms with Crippen molar-refractivity contribution in [1.29, 1.82) is 0 Å². The maximum atomic E-state index is 12.3. The number of nitrogens with zero attached hydrogens (tertiary/aromatic N) is 3. The minimum atomic E-state index is -3.15. The molecule has 0 radical (unpaired) electrons. The van der Waals surface area contributed by atoms with E-state index in [0.717, 1.165) is 6.07 Å². The number of rotatable bonds is 6. The molecule has 0 bridgehead atoms. The first-order chi connectivity index (χ1) is 14.2. The summed E-state index contributed by atoms with van der Waals surface area (Å²) in [7, 11) is -1.69. The summed E-state index contributed by atoms with van der Waals surface area (Å²) in [5, 5.41) is 11.5. The Morgan fingerprint density at radius 2 is 2.03 bits per heavy atom. The highest BCUT2D eigenvalue weighted by atomic mass is 32.2. The Kier molecular flexibility index (Phi) is 6.56. The Morgan fingerprint density at radius 1 is 1.33 bits per heavy atom. The number of hydrogen-bond donors (Lipinski definition) is 0. The number of morpholine rings is 1. The van der Waals surface area contributed by atoms with Crippen LogP contribution >= 0.6 is 0 Å². The van der Waals surface area contributed by atoms with E-state index in [2.05, 4.69) is 0 Å². The second kappa shape index (κ2) is 8.96. The first-order valence-corrected chi connectivity index (χ1v) is 11.2. The number of esters is 1. The van der Waals surface area contributed by atoms with Crippen LogP contribution in [0.5, 0.6) is 0 Å². The largest absolute Gasteiger partial charge is 0.452 e. The van der Waals surface area contributed by atoms with Gasteiger partial charge in [-0.15, -0.1) is 0 Å². The summed E-state index contributed by atoms with van der Waals surface area (Å²) in [5.74, 6) is -1.50. The zero-order valence-electron chi connectivity index (χ0n) is 16.5. The van der Waals surface area contributed by atoms with Gasteiger partial charge in [0.05, 0.1) is 35.2 Å². The minimum Gasteiger partial charge on any atom is -0.452 e. The molecule has 164 valence electrons. The molecular formula is C18H23N3O8S. The van der Waals surface area contributed by atoms with Gasteiger partial charge in [0, 0.05) is 32.2 Å². The number of likely N-dealkylation sites (N-methyl/N-ethyl adjacent to an activating group) is 1. The summed E-state index contributed by atoms with van der Waals surface area (Å²) < 4.78 is 33.4. The van der Waals surface area contributed by atoms with Gasteiger partial charge in [-0.3, -0.25) is 14.9 Å². The molecule has 0 spiro atoms. The Bertz CT molecular complexity index is 943. The maximum absolute atomic E-state index is 12.3. The molecule has 0 aromatic heterocycles. The average Bonchev–Trinajstić information content (AvgIpc) is 3.10. The third kappa shape index (κ3) is 5.05. The summed E-state index contributed by atoms with van der Waals surface area (Å²) in [6.45, 7) is 1.34. The fourth-order valence-corrected chi connectivity index (χ4v) is 5.24. The highest BCUT2D eigenvalue weighted by molar-refractivity contribution is 7.91. The van der Waals surface area contributed by atoms with Crippen LogP contribution in [0, 0.1) is 10.1 Å². The third-order valence-electron chi connectivity index (χ3n) is 5.24. The van der Waals surface area contributed by atoms with Crippen molar-refractivity contribution in [3.05, 3.63) is 33.9 Å². The van der Waals surface area contributed by atoms with Crippen molar-refractivity contribution in [2.45, 2.75) is 12.5 Å². The topological polar surface area (TPSA) is 136 Å². The van der Waals surface area contributed by atoms with Gasteiger partial charge in [-0.2, -0.15) is 0 Å². The number of benzene rings is 1.